The number of aromatic carboxylic acids is 1. The van der Waals surface area contributed by atoms with Gasteiger partial charge < -0.3 is 24.8 Å². The number of imidazole rings is 2. The molecule has 0 aliphatic carbocycles. The summed E-state index contributed by atoms with van der Waals surface area (Å²) in [5, 5.41) is 9.89. The molecule has 0 amide bonds. The van der Waals surface area contributed by atoms with Crippen molar-refractivity contribution in [2.75, 3.05) is 7.11 Å². The molecule has 0 atom stereocenters. The van der Waals surface area contributed by atoms with Gasteiger partial charge in [-0.3, -0.25) is 0 Å². The topological polar surface area (TPSA) is 141 Å². The van der Waals surface area contributed by atoms with Gasteiger partial charge >= 0.3 is 17.6 Å². The lowest BCUT2D eigenvalue weighted by atomic mass is 10.2. The zero-order valence-corrected chi connectivity index (χ0v) is 15.7. The number of hydrogen-bond acceptors (Lipinski definition) is 6. The van der Waals surface area contributed by atoms with Crippen molar-refractivity contribution in [3.05, 3.63) is 50.9 Å². The Hall–Kier alpha value is -3.24. The first-order valence-corrected chi connectivity index (χ1v) is 9.00. The Balaban J connectivity index is 1.86. The summed E-state index contributed by atoms with van der Waals surface area (Å²) in [7, 11) is 1.25. The molecule has 2 aromatic carbocycles. The number of hydrogen-bond donors (Lipinski definition) is 4. The fourth-order valence-electron chi connectivity index (χ4n) is 2.79. The third-order valence-electron chi connectivity index (χ3n) is 4.01. The Kier molecular flexibility index (Phi) is 4.36. The highest BCUT2D eigenvalue weighted by molar-refractivity contribution is 7.99. The number of carbonyl (C=O) groups excluding carboxylic acids is 1. The molecule has 4 aromatic rings. The number of H-pyrrole nitrogens is 3. The van der Waals surface area contributed by atoms with Crippen LogP contribution in [-0.4, -0.2) is 44.1 Å². The van der Waals surface area contributed by atoms with Crippen LogP contribution in [0.4, 0.5) is 0 Å². The summed E-state index contributed by atoms with van der Waals surface area (Å²) in [6, 6.07) is 6.02. The van der Waals surface area contributed by atoms with Crippen molar-refractivity contribution in [2.45, 2.75) is 10.1 Å². The number of halogens is 1. The first-order chi connectivity index (χ1) is 13.4. The minimum Gasteiger partial charge on any atom is -0.478 e. The van der Waals surface area contributed by atoms with Crippen LogP contribution < -0.4 is 5.69 Å². The standard InChI is InChI=1S/C17H11ClN4O5S/c1-27-15(25)11-7(18)2-3-8-13(11)22-17(20-8)28-10-5-6(14(23)24)4-9-12(10)21-16(26)19-9/h2-5H,1H3,(H,20,22)(H,23,24)(H2,19,21,26). The van der Waals surface area contributed by atoms with Gasteiger partial charge in [-0.25, -0.2) is 19.4 Å². The molecule has 0 aliphatic rings. The van der Waals surface area contributed by atoms with Crippen molar-refractivity contribution in [1.82, 2.24) is 19.9 Å². The number of esters is 1. The van der Waals surface area contributed by atoms with Crippen molar-refractivity contribution in [3.63, 3.8) is 0 Å². The van der Waals surface area contributed by atoms with Gasteiger partial charge in [-0.05, 0) is 36.0 Å². The third kappa shape index (κ3) is 3.02. The van der Waals surface area contributed by atoms with Crippen molar-refractivity contribution in [2.24, 2.45) is 0 Å². The highest BCUT2D eigenvalue weighted by atomic mass is 35.5. The van der Waals surface area contributed by atoms with E-state index < -0.39 is 17.6 Å². The van der Waals surface area contributed by atoms with Gasteiger partial charge in [-0.15, -0.1) is 0 Å². The fourth-order valence-corrected chi connectivity index (χ4v) is 3.98. The van der Waals surface area contributed by atoms with E-state index in [4.69, 9.17) is 16.3 Å². The number of benzene rings is 2. The summed E-state index contributed by atoms with van der Waals surface area (Å²) < 4.78 is 4.76. The lowest BCUT2D eigenvalue weighted by molar-refractivity contribution is 0.0602. The van der Waals surface area contributed by atoms with Crippen LogP contribution >= 0.6 is 23.4 Å². The molecular formula is C17H11ClN4O5S. The normalized spacial score (nSPS) is 11.2. The molecule has 4 rings (SSSR count). The monoisotopic (exact) mass is 418 g/mol. The van der Waals surface area contributed by atoms with Crippen molar-refractivity contribution in [3.8, 4) is 0 Å². The van der Waals surface area contributed by atoms with Crippen molar-refractivity contribution < 1.29 is 19.4 Å². The smallest absolute Gasteiger partial charge is 0.341 e. The molecule has 28 heavy (non-hydrogen) atoms. The van der Waals surface area contributed by atoms with Gasteiger partial charge in [0.25, 0.3) is 0 Å². The van der Waals surface area contributed by atoms with Crippen LogP contribution in [0.1, 0.15) is 20.7 Å². The van der Waals surface area contributed by atoms with Gasteiger partial charge in [0, 0.05) is 4.90 Å². The Morgan fingerprint density at radius 3 is 2.68 bits per heavy atom. The molecule has 11 heteroatoms. The zero-order valence-electron chi connectivity index (χ0n) is 14.1. The molecule has 0 unspecified atom stereocenters. The second-order valence-electron chi connectivity index (χ2n) is 5.74. The lowest BCUT2D eigenvalue weighted by Gasteiger charge is -2.03. The van der Waals surface area contributed by atoms with Gasteiger partial charge in [0.05, 0.1) is 34.2 Å². The highest BCUT2D eigenvalue weighted by Gasteiger charge is 2.20. The van der Waals surface area contributed by atoms with E-state index in [0.29, 0.717) is 32.1 Å². The van der Waals surface area contributed by atoms with Gasteiger partial charge in [0.2, 0.25) is 0 Å². The molecule has 0 spiro atoms. The van der Waals surface area contributed by atoms with E-state index in [1.54, 1.807) is 12.1 Å². The predicted molar refractivity (Wildman–Crippen MR) is 102 cm³/mol. The molecule has 4 N–H and O–H groups in total. The first-order valence-electron chi connectivity index (χ1n) is 7.81. The molecule has 0 fully saturated rings. The number of carboxylic acid groups (broad SMARTS) is 1. The van der Waals surface area contributed by atoms with E-state index in [-0.39, 0.29) is 16.1 Å². The lowest BCUT2D eigenvalue weighted by Crippen LogP contribution is -2.03. The number of carboxylic acids is 1. The number of nitrogens with zero attached hydrogens (tertiary/aromatic N) is 1. The number of carbonyl (C=O) groups is 2. The van der Waals surface area contributed by atoms with Crippen molar-refractivity contribution in [1.29, 1.82) is 0 Å². The molecule has 0 saturated carbocycles. The molecule has 0 aliphatic heterocycles. The van der Waals surface area contributed by atoms with Gasteiger partial charge in [-0.2, -0.15) is 0 Å². The number of nitrogens with one attached hydrogen (secondary N) is 3. The number of fused-ring (bicyclic) bond motifs is 2. The molecule has 2 aromatic heterocycles. The zero-order chi connectivity index (χ0) is 20.0. The second-order valence-corrected chi connectivity index (χ2v) is 7.17. The molecule has 9 nitrogen and oxygen atoms in total. The summed E-state index contributed by atoms with van der Waals surface area (Å²) >= 11 is 7.22. The van der Waals surface area contributed by atoms with E-state index in [2.05, 4.69) is 19.9 Å². The second kappa shape index (κ2) is 6.73. The van der Waals surface area contributed by atoms with E-state index in [9.17, 15) is 19.5 Å². The minimum absolute atomic E-state index is 0.0136. The quantitative estimate of drug-likeness (QED) is 0.373. The summed E-state index contributed by atoms with van der Waals surface area (Å²) in [4.78, 5) is 48.2. The average Bonchev–Trinajstić information content (AvgIpc) is 3.23. The summed E-state index contributed by atoms with van der Waals surface area (Å²) in [5.74, 6) is -1.75. The van der Waals surface area contributed by atoms with Crippen LogP contribution in [0.25, 0.3) is 22.1 Å². The molecule has 0 saturated heterocycles. The van der Waals surface area contributed by atoms with E-state index >= 15 is 0 Å². The van der Waals surface area contributed by atoms with Crippen LogP contribution in [0.2, 0.25) is 5.02 Å². The molecule has 2 heterocycles. The van der Waals surface area contributed by atoms with E-state index in [0.717, 1.165) is 11.8 Å². The number of aromatic nitrogens is 4. The first kappa shape index (κ1) is 18.1. The van der Waals surface area contributed by atoms with Crippen LogP contribution in [0.15, 0.2) is 39.1 Å². The average molecular weight is 419 g/mol. The Labute approximate surface area is 165 Å². The number of methoxy groups -OCH3 is 1. The molecule has 142 valence electrons. The van der Waals surface area contributed by atoms with Crippen LogP contribution in [0.5, 0.6) is 0 Å². The molecule has 0 radical (unpaired) electrons. The summed E-state index contributed by atoms with van der Waals surface area (Å²) in [6.45, 7) is 0. The number of aromatic amines is 3. The largest absolute Gasteiger partial charge is 0.478 e. The molecular weight excluding hydrogens is 408 g/mol. The fraction of sp³-hybridized carbons (Fsp3) is 0.0588. The Morgan fingerprint density at radius 2 is 1.96 bits per heavy atom. The number of rotatable bonds is 4. The van der Waals surface area contributed by atoms with Crippen molar-refractivity contribution >= 4 is 57.4 Å². The van der Waals surface area contributed by atoms with Crippen LogP contribution in [0, 0.1) is 0 Å². The summed E-state index contributed by atoms with van der Waals surface area (Å²) in [6.07, 6.45) is 0. The molecule has 0 bridgehead atoms. The van der Waals surface area contributed by atoms with Gasteiger partial charge in [0.1, 0.15) is 11.1 Å². The minimum atomic E-state index is -1.13. The van der Waals surface area contributed by atoms with Gasteiger partial charge in [0.15, 0.2) is 5.16 Å². The summed E-state index contributed by atoms with van der Waals surface area (Å²) in [5.41, 5.74) is 1.39. The maximum atomic E-state index is 12.0. The van der Waals surface area contributed by atoms with Crippen LogP contribution in [0.3, 0.4) is 0 Å². The van der Waals surface area contributed by atoms with E-state index in [1.165, 1.54) is 19.2 Å². The highest BCUT2D eigenvalue weighted by Crippen LogP contribution is 2.34. The number of ether oxygens (including phenoxy) is 1. The third-order valence-corrected chi connectivity index (χ3v) is 5.26. The van der Waals surface area contributed by atoms with Gasteiger partial charge in [-0.1, -0.05) is 11.6 Å². The predicted octanol–water partition coefficient (Wildman–Crippen LogP) is 3.02. The maximum Gasteiger partial charge on any atom is 0.341 e. The van der Waals surface area contributed by atoms with Crippen LogP contribution in [-0.2, 0) is 4.74 Å². The Morgan fingerprint density at radius 1 is 1.18 bits per heavy atom. The maximum absolute atomic E-state index is 12.0. The SMILES string of the molecule is COC(=O)c1c(Cl)ccc2[nH]c(Sc3cc(C(=O)O)cc4[nH]c(=O)[nH]c34)nc12. The Bertz CT molecular complexity index is 1320. The van der Waals surface area contributed by atoms with E-state index in [1.807, 2.05) is 0 Å².